The van der Waals surface area contributed by atoms with Crippen LogP contribution in [0.2, 0.25) is 0 Å². The number of carboxylic acid groups (broad SMARTS) is 1. The van der Waals surface area contributed by atoms with Gasteiger partial charge in [-0.25, -0.2) is 0 Å². The molecule has 2 atom stereocenters. The first-order valence-corrected chi connectivity index (χ1v) is 11.9. The number of carbonyl (C=O) groups is 2. The lowest BCUT2D eigenvalue weighted by Crippen LogP contribution is -2.46. The third kappa shape index (κ3) is 6.49. The smallest absolute Gasteiger partial charge is 0.305 e. The molecular formula is C27H31N5O3. The van der Waals surface area contributed by atoms with E-state index in [-0.39, 0.29) is 11.9 Å². The Kier molecular flexibility index (Phi) is 8.18. The second-order valence-electron chi connectivity index (χ2n) is 8.87. The Morgan fingerprint density at radius 2 is 1.80 bits per heavy atom. The van der Waals surface area contributed by atoms with Crippen molar-refractivity contribution in [3.8, 4) is 0 Å². The zero-order valence-corrected chi connectivity index (χ0v) is 19.6. The molecule has 1 amide bonds. The highest BCUT2D eigenvalue weighted by Crippen LogP contribution is 2.34. The number of nitrogens with two attached hydrogens (primary N) is 1. The fourth-order valence-electron chi connectivity index (χ4n) is 4.52. The Morgan fingerprint density at radius 3 is 2.54 bits per heavy atom. The molecule has 4 rings (SSSR count). The van der Waals surface area contributed by atoms with E-state index in [1.165, 1.54) is 0 Å². The molecule has 0 aliphatic heterocycles. The van der Waals surface area contributed by atoms with Crippen LogP contribution in [0.5, 0.6) is 0 Å². The van der Waals surface area contributed by atoms with Crippen LogP contribution in [0.1, 0.15) is 53.4 Å². The molecule has 4 N–H and O–H groups in total. The van der Waals surface area contributed by atoms with Gasteiger partial charge in [0.05, 0.1) is 29.9 Å². The van der Waals surface area contributed by atoms with Crippen molar-refractivity contribution < 1.29 is 14.7 Å². The minimum absolute atomic E-state index is 0.230. The van der Waals surface area contributed by atoms with E-state index in [0.29, 0.717) is 19.6 Å². The third-order valence-corrected chi connectivity index (χ3v) is 6.27. The van der Waals surface area contributed by atoms with Crippen LogP contribution in [0.4, 0.5) is 0 Å². The number of benzene rings is 1. The average molecular weight is 474 g/mol. The van der Waals surface area contributed by atoms with Crippen LogP contribution in [-0.2, 0) is 35.6 Å². The van der Waals surface area contributed by atoms with Crippen molar-refractivity contribution in [1.82, 2.24) is 20.2 Å². The van der Waals surface area contributed by atoms with Gasteiger partial charge in [-0.1, -0.05) is 36.4 Å². The van der Waals surface area contributed by atoms with Crippen LogP contribution in [0.15, 0.2) is 67.0 Å². The van der Waals surface area contributed by atoms with E-state index in [4.69, 9.17) is 5.73 Å². The largest absolute Gasteiger partial charge is 0.481 e. The molecule has 182 valence electrons. The number of nitrogens with zero attached hydrogens (tertiary/aromatic N) is 3. The van der Waals surface area contributed by atoms with Crippen molar-refractivity contribution >= 4 is 11.9 Å². The van der Waals surface area contributed by atoms with Crippen molar-refractivity contribution in [2.24, 2.45) is 5.73 Å². The van der Waals surface area contributed by atoms with Crippen LogP contribution < -0.4 is 11.1 Å². The maximum Gasteiger partial charge on any atom is 0.305 e. The van der Waals surface area contributed by atoms with Crippen molar-refractivity contribution in [1.29, 1.82) is 0 Å². The van der Waals surface area contributed by atoms with Gasteiger partial charge in [-0.2, -0.15) is 0 Å². The van der Waals surface area contributed by atoms with Gasteiger partial charge < -0.3 is 21.1 Å². The van der Waals surface area contributed by atoms with Crippen molar-refractivity contribution in [2.75, 3.05) is 0 Å². The zero-order chi connectivity index (χ0) is 24.6. The van der Waals surface area contributed by atoms with Gasteiger partial charge in [-0.05, 0) is 54.2 Å². The number of carbonyl (C=O) groups excluding carboxylic acids is 1. The highest BCUT2D eigenvalue weighted by atomic mass is 16.4. The Bertz CT molecular complexity index is 1140. The van der Waals surface area contributed by atoms with E-state index in [9.17, 15) is 14.7 Å². The first kappa shape index (κ1) is 24.5. The van der Waals surface area contributed by atoms with E-state index >= 15 is 0 Å². The summed E-state index contributed by atoms with van der Waals surface area (Å²) < 4.78 is 0. The van der Waals surface area contributed by atoms with E-state index in [2.05, 4.69) is 15.3 Å². The molecule has 8 heteroatoms. The van der Waals surface area contributed by atoms with Gasteiger partial charge in [-0.3, -0.25) is 19.6 Å². The molecule has 8 nitrogen and oxygen atoms in total. The topological polar surface area (TPSA) is 121 Å². The number of aromatic nitrogens is 2. The number of hydrogen-bond donors (Lipinski definition) is 3. The van der Waals surface area contributed by atoms with Gasteiger partial charge >= 0.3 is 5.97 Å². The Hall–Kier alpha value is -3.62. The first-order valence-electron chi connectivity index (χ1n) is 11.9. The number of amides is 1. The average Bonchev–Trinajstić information content (AvgIpc) is 2.88. The van der Waals surface area contributed by atoms with Crippen LogP contribution >= 0.6 is 0 Å². The summed E-state index contributed by atoms with van der Waals surface area (Å²) in [6, 6.07) is 16.5. The monoisotopic (exact) mass is 473 g/mol. The Labute approximate surface area is 205 Å². The molecular weight excluding hydrogens is 442 g/mol. The highest BCUT2D eigenvalue weighted by Gasteiger charge is 2.33. The van der Waals surface area contributed by atoms with E-state index < -0.39 is 18.4 Å². The molecule has 1 unspecified atom stereocenters. The maximum atomic E-state index is 13.3. The van der Waals surface area contributed by atoms with Crippen molar-refractivity contribution in [2.45, 2.75) is 57.4 Å². The van der Waals surface area contributed by atoms with Gasteiger partial charge in [0.25, 0.3) is 0 Å². The molecule has 3 aromatic rings. The summed E-state index contributed by atoms with van der Waals surface area (Å²) in [7, 11) is 0. The number of aliphatic carboxylic acids is 1. The number of nitrogens with one attached hydrogen (secondary N) is 1. The lowest BCUT2D eigenvalue weighted by molar-refractivity contribution is -0.143. The summed E-state index contributed by atoms with van der Waals surface area (Å²) in [6.07, 6.45) is 5.74. The fraction of sp³-hybridized carbons (Fsp3) is 0.333. The second kappa shape index (κ2) is 11.7. The van der Waals surface area contributed by atoms with Crippen LogP contribution in [0, 0.1) is 0 Å². The minimum atomic E-state index is -1.10. The van der Waals surface area contributed by atoms with E-state index in [1.54, 1.807) is 17.3 Å². The number of carboxylic acids is 1. The summed E-state index contributed by atoms with van der Waals surface area (Å²) in [4.78, 5) is 35.1. The molecule has 2 aromatic heterocycles. The molecule has 1 aliphatic rings. The Balaban J connectivity index is 1.48. The van der Waals surface area contributed by atoms with Gasteiger partial charge in [0.1, 0.15) is 0 Å². The summed E-state index contributed by atoms with van der Waals surface area (Å²) in [5.74, 6) is -1.45. The molecule has 0 radical (unpaired) electrons. The van der Waals surface area contributed by atoms with E-state index in [0.717, 1.165) is 47.3 Å². The number of pyridine rings is 2. The van der Waals surface area contributed by atoms with Crippen LogP contribution in [0.3, 0.4) is 0 Å². The van der Waals surface area contributed by atoms with Gasteiger partial charge in [0, 0.05) is 32.0 Å². The quantitative estimate of drug-likeness (QED) is 0.414. The number of rotatable bonds is 10. The van der Waals surface area contributed by atoms with Crippen molar-refractivity contribution in [3.05, 3.63) is 95.1 Å². The third-order valence-electron chi connectivity index (χ3n) is 6.27. The molecule has 2 heterocycles. The number of aryl methyl sites for hydroxylation is 1. The molecule has 0 bridgehead atoms. The zero-order valence-electron chi connectivity index (χ0n) is 19.6. The lowest BCUT2D eigenvalue weighted by atomic mass is 9.90. The molecule has 1 aromatic carbocycles. The molecule has 1 aliphatic carbocycles. The van der Waals surface area contributed by atoms with Crippen LogP contribution in [-0.4, -0.2) is 37.9 Å². The summed E-state index contributed by atoms with van der Waals surface area (Å²) >= 11 is 0. The predicted octanol–water partition coefficient (Wildman–Crippen LogP) is 2.97. The SMILES string of the molecule is N[C@@H](CC(=O)O)C(=O)N(Cc1ccc(CNCc2ccccn2)cc1)C1CCCc2cccnc21. The molecule has 0 spiro atoms. The minimum Gasteiger partial charge on any atom is -0.481 e. The standard InChI is InChI=1S/C27H31N5O3/c28-23(15-25(33)34)27(35)32(24-8-3-5-21-6-4-14-31-26(21)24)18-20-11-9-19(10-12-20)16-29-17-22-7-1-2-13-30-22/h1-2,4,6-7,9-14,23-24,29H,3,5,8,15-18,28H2,(H,33,34)/t23-,24?/m0/s1. The molecule has 0 fully saturated rings. The van der Waals surface area contributed by atoms with Crippen LogP contribution in [0.25, 0.3) is 0 Å². The number of fused-ring (bicyclic) bond motifs is 1. The first-order chi connectivity index (χ1) is 17.0. The molecule has 35 heavy (non-hydrogen) atoms. The van der Waals surface area contributed by atoms with Gasteiger partial charge in [-0.15, -0.1) is 0 Å². The summed E-state index contributed by atoms with van der Waals surface area (Å²) in [6.45, 7) is 1.72. The molecule has 0 saturated heterocycles. The predicted molar refractivity (Wildman–Crippen MR) is 132 cm³/mol. The normalized spacial score (nSPS) is 15.7. The molecule has 0 saturated carbocycles. The lowest BCUT2D eigenvalue weighted by Gasteiger charge is -2.36. The second-order valence-corrected chi connectivity index (χ2v) is 8.87. The maximum absolute atomic E-state index is 13.3. The fourth-order valence-corrected chi connectivity index (χ4v) is 4.52. The van der Waals surface area contributed by atoms with E-state index in [1.807, 2.05) is 54.6 Å². The number of hydrogen-bond acceptors (Lipinski definition) is 6. The Morgan fingerprint density at radius 1 is 1.03 bits per heavy atom. The summed E-state index contributed by atoms with van der Waals surface area (Å²) in [5.41, 5.74) is 11.1. The van der Waals surface area contributed by atoms with Gasteiger partial charge in [0.2, 0.25) is 5.91 Å². The summed E-state index contributed by atoms with van der Waals surface area (Å²) in [5, 5.41) is 12.6. The van der Waals surface area contributed by atoms with Crippen molar-refractivity contribution in [3.63, 3.8) is 0 Å². The van der Waals surface area contributed by atoms with Gasteiger partial charge in [0.15, 0.2) is 0 Å². The highest BCUT2D eigenvalue weighted by molar-refractivity contribution is 5.86.